The van der Waals surface area contributed by atoms with Crippen LogP contribution in [0, 0.1) is 0 Å². The van der Waals surface area contributed by atoms with Crippen molar-refractivity contribution in [2.75, 3.05) is 32.6 Å². The van der Waals surface area contributed by atoms with Crippen LogP contribution in [0.3, 0.4) is 0 Å². The molecule has 0 saturated heterocycles. The van der Waals surface area contributed by atoms with Gasteiger partial charge in [-0.25, -0.2) is 0 Å². The molecule has 0 aliphatic carbocycles. The summed E-state index contributed by atoms with van der Waals surface area (Å²) < 4.78 is 3.48. The van der Waals surface area contributed by atoms with E-state index in [1.54, 1.807) is 0 Å². The Kier molecular flexibility index (Phi) is 5.90. The van der Waals surface area contributed by atoms with Crippen molar-refractivity contribution in [3.8, 4) is 0 Å². The fourth-order valence-corrected chi connectivity index (χ4v) is 5.02. The third-order valence-electron chi connectivity index (χ3n) is 6.54. The minimum absolute atomic E-state index is 0.644. The predicted molar refractivity (Wildman–Crippen MR) is 130 cm³/mol. The van der Waals surface area contributed by atoms with Crippen molar-refractivity contribution in [3.05, 3.63) is 71.4 Å². The molecule has 4 rings (SSSR count). The van der Waals surface area contributed by atoms with Gasteiger partial charge in [0, 0.05) is 24.1 Å². The van der Waals surface area contributed by atoms with Crippen molar-refractivity contribution in [1.29, 1.82) is 0 Å². The molecule has 3 nitrogen and oxygen atoms in total. The molecule has 0 bridgehead atoms. The van der Waals surface area contributed by atoms with Crippen LogP contribution < -0.4 is 9.47 Å². The Bertz CT molecular complexity index is 1080. The fourth-order valence-electron chi connectivity index (χ4n) is 3.92. The van der Waals surface area contributed by atoms with Crippen LogP contribution in [0.1, 0.15) is 25.8 Å². The highest BCUT2D eigenvalue weighted by molar-refractivity contribution is 8.03. The lowest BCUT2D eigenvalue weighted by Crippen LogP contribution is -2.47. The maximum atomic E-state index is 2.41. The molecule has 2 aromatic carbocycles. The minimum atomic E-state index is 0.644. The SMILES string of the molecule is CC(C)[N+](C)(C)CCC[n+]1ccc(/C=C2\Sc3ccccc3N2C)c2ccccc21. The van der Waals surface area contributed by atoms with Crippen LogP contribution in [0.4, 0.5) is 5.69 Å². The molecule has 0 saturated carbocycles. The topological polar surface area (TPSA) is 7.12 Å². The highest BCUT2D eigenvalue weighted by atomic mass is 32.2. The Hall–Kier alpha value is -2.30. The molecule has 3 aromatic rings. The summed E-state index contributed by atoms with van der Waals surface area (Å²) in [6, 6.07) is 20.3. The first-order valence-electron chi connectivity index (χ1n) is 10.8. The Morgan fingerprint density at radius 2 is 1.77 bits per heavy atom. The molecule has 0 fully saturated rings. The summed E-state index contributed by atoms with van der Waals surface area (Å²) in [5, 5.41) is 2.59. The number of thioether (sulfide) groups is 1. The Morgan fingerprint density at radius 1 is 1.03 bits per heavy atom. The molecule has 1 aliphatic heterocycles. The second-order valence-corrected chi connectivity index (χ2v) is 10.1. The molecular formula is C26H33N3S+2. The fraction of sp³-hybridized carbons (Fsp3) is 0.346. The van der Waals surface area contributed by atoms with E-state index in [0.717, 1.165) is 11.0 Å². The van der Waals surface area contributed by atoms with E-state index in [1.165, 1.54) is 45.0 Å². The summed E-state index contributed by atoms with van der Waals surface area (Å²) >= 11 is 1.85. The van der Waals surface area contributed by atoms with E-state index >= 15 is 0 Å². The Morgan fingerprint density at radius 3 is 2.53 bits per heavy atom. The van der Waals surface area contributed by atoms with E-state index in [4.69, 9.17) is 0 Å². The van der Waals surface area contributed by atoms with Gasteiger partial charge in [0.1, 0.15) is 0 Å². The number of nitrogens with zero attached hydrogens (tertiary/aromatic N) is 3. The van der Waals surface area contributed by atoms with Crippen LogP contribution in [-0.2, 0) is 6.54 Å². The Labute approximate surface area is 185 Å². The van der Waals surface area contributed by atoms with Crippen molar-refractivity contribution >= 4 is 34.4 Å². The predicted octanol–water partition coefficient (Wildman–Crippen LogP) is 5.54. The lowest BCUT2D eigenvalue weighted by Gasteiger charge is -2.33. The molecule has 156 valence electrons. The molecule has 0 atom stereocenters. The van der Waals surface area contributed by atoms with Crippen LogP contribution in [0.25, 0.3) is 17.0 Å². The minimum Gasteiger partial charge on any atom is -0.338 e. The number of quaternary nitrogens is 1. The molecule has 0 spiro atoms. The Balaban J connectivity index is 1.61. The van der Waals surface area contributed by atoms with Crippen molar-refractivity contribution in [3.63, 3.8) is 0 Å². The lowest BCUT2D eigenvalue weighted by atomic mass is 10.1. The number of hydrogen-bond donors (Lipinski definition) is 0. The first-order valence-corrected chi connectivity index (χ1v) is 11.6. The normalized spacial score (nSPS) is 15.4. The number of aryl methyl sites for hydroxylation is 1. The van der Waals surface area contributed by atoms with Gasteiger partial charge >= 0.3 is 0 Å². The number of aromatic nitrogens is 1. The average molecular weight is 420 g/mol. The highest BCUT2D eigenvalue weighted by Gasteiger charge is 2.23. The third kappa shape index (κ3) is 4.12. The molecule has 0 amide bonds. The van der Waals surface area contributed by atoms with Gasteiger partial charge in [0.05, 0.1) is 49.2 Å². The number of para-hydroxylation sites is 2. The largest absolute Gasteiger partial charge is 0.338 e. The molecule has 1 aromatic heterocycles. The van der Waals surface area contributed by atoms with Crippen molar-refractivity contribution in [2.24, 2.45) is 0 Å². The summed E-state index contributed by atoms with van der Waals surface area (Å²) in [5.41, 5.74) is 3.88. The van der Waals surface area contributed by atoms with Crippen LogP contribution in [0.15, 0.2) is 70.7 Å². The summed E-state index contributed by atoms with van der Waals surface area (Å²) in [7, 11) is 6.82. The zero-order chi connectivity index (χ0) is 21.3. The first kappa shape index (κ1) is 21.0. The molecule has 0 unspecified atom stereocenters. The second kappa shape index (κ2) is 8.44. The average Bonchev–Trinajstić information content (AvgIpc) is 3.05. The molecule has 30 heavy (non-hydrogen) atoms. The van der Waals surface area contributed by atoms with Crippen LogP contribution in [0.5, 0.6) is 0 Å². The molecule has 1 aliphatic rings. The molecule has 0 radical (unpaired) electrons. The van der Waals surface area contributed by atoms with Gasteiger partial charge in [-0.05, 0) is 43.7 Å². The standard InChI is InChI=1S/C26H33N3S/c1-20(2)29(4,5)18-10-16-28-17-15-21(22-11-6-7-12-23(22)28)19-26-27(3)24-13-8-9-14-25(24)30-26/h6-9,11-15,17,19-20H,10,16,18H2,1-5H3/q+2. The first-order chi connectivity index (χ1) is 14.4. The number of pyridine rings is 1. The highest BCUT2D eigenvalue weighted by Crippen LogP contribution is 2.45. The second-order valence-electron chi connectivity index (χ2n) is 9.04. The summed E-state index contributed by atoms with van der Waals surface area (Å²) in [6.45, 7) is 6.85. The summed E-state index contributed by atoms with van der Waals surface area (Å²) in [4.78, 5) is 3.62. The van der Waals surface area contributed by atoms with Gasteiger partial charge in [0.2, 0.25) is 5.52 Å². The summed E-state index contributed by atoms with van der Waals surface area (Å²) in [5.74, 6) is 0. The van der Waals surface area contributed by atoms with E-state index < -0.39 is 0 Å². The van der Waals surface area contributed by atoms with Gasteiger partial charge in [-0.15, -0.1) is 0 Å². The number of rotatable bonds is 6. The number of hydrogen-bond acceptors (Lipinski definition) is 2. The van der Waals surface area contributed by atoms with Crippen LogP contribution in [-0.4, -0.2) is 38.2 Å². The van der Waals surface area contributed by atoms with Gasteiger partial charge in [-0.3, -0.25) is 0 Å². The molecule has 2 heterocycles. The van der Waals surface area contributed by atoms with Crippen molar-refractivity contribution in [2.45, 2.75) is 37.8 Å². The zero-order valence-electron chi connectivity index (χ0n) is 18.8. The molecule has 0 N–H and O–H groups in total. The van der Waals surface area contributed by atoms with Gasteiger partial charge in [-0.1, -0.05) is 36.0 Å². The van der Waals surface area contributed by atoms with Crippen LogP contribution >= 0.6 is 11.8 Å². The molecule has 4 heteroatoms. The molecular weight excluding hydrogens is 386 g/mol. The van der Waals surface area contributed by atoms with E-state index in [9.17, 15) is 0 Å². The van der Waals surface area contributed by atoms with E-state index in [0.29, 0.717) is 6.04 Å². The monoisotopic (exact) mass is 419 g/mol. The van der Waals surface area contributed by atoms with Gasteiger partial charge < -0.3 is 9.38 Å². The number of fused-ring (bicyclic) bond motifs is 2. The maximum Gasteiger partial charge on any atom is 0.213 e. The zero-order valence-corrected chi connectivity index (χ0v) is 19.6. The summed E-state index contributed by atoms with van der Waals surface area (Å²) in [6.07, 6.45) is 5.77. The van der Waals surface area contributed by atoms with E-state index in [1.807, 2.05) is 11.8 Å². The quantitative estimate of drug-likeness (QED) is 0.382. The maximum absolute atomic E-state index is 2.41. The van der Waals surface area contributed by atoms with E-state index in [-0.39, 0.29) is 0 Å². The van der Waals surface area contributed by atoms with Crippen molar-refractivity contribution < 1.29 is 9.05 Å². The lowest BCUT2D eigenvalue weighted by molar-refractivity contribution is -0.913. The number of benzene rings is 2. The number of anilines is 1. The van der Waals surface area contributed by atoms with Crippen LogP contribution in [0.2, 0.25) is 0 Å². The third-order valence-corrected chi connectivity index (χ3v) is 7.71. The van der Waals surface area contributed by atoms with Crippen molar-refractivity contribution in [1.82, 2.24) is 0 Å². The smallest absolute Gasteiger partial charge is 0.213 e. The van der Waals surface area contributed by atoms with Gasteiger partial charge in [0.25, 0.3) is 0 Å². The van der Waals surface area contributed by atoms with Gasteiger partial charge in [-0.2, -0.15) is 4.57 Å². The van der Waals surface area contributed by atoms with E-state index in [2.05, 4.69) is 111 Å². The van der Waals surface area contributed by atoms with Gasteiger partial charge in [0.15, 0.2) is 12.7 Å².